The lowest BCUT2D eigenvalue weighted by Crippen LogP contribution is -2.52. The summed E-state index contributed by atoms with van der Waals surface area (Å²) in [5, 5.41) is 9.62. The van der Waals surface area contributed by atoms with Gasteiger partial charge < -0.3 is 9.84 Å². The Hall–Kier alpha value is -0.410. The molecule has 2 heterocycles. The van der Waals surface area contributed by atoms with Gasteiger partial charge in [0, 0.05) is 5.92 Å². The molecule has 0 amide bonds. The van der Waals surface area contributed by atoms with Crippen LogP contribution < -0.4 is 0 Å². The fourth-order valence-electron chi connectivity index (χ4n) is 2.18. The van der Waals surface area contributed by atoms with Crippen molar-refractivity contribution in [1.29, 1.82) is 0 Å². The van der Waals surface area contributed by atoms with Crippen LogP contribution in [0.2, 0.25) is 0 Å². The van der Waals surface area contributed by atoms with Gasteiger partial charge in [0.15, 0.2) is 5.78 Å². The third-order valence-electron chi connectivity index (χ3n) is 3.20. The van der Waals surface area contributed by atoms with Crippen molar-refractivity contribution >= 4 is 5.78 Å². The van der Waals surface area contributed by atoms with Gasteiger partial charge in [0.2, 0.25) is 0 Å². The number of hydrogen-bond donors (Lipinski definition) is 1. The van der Waals surface area contributed by atoms with Crippen LogP contribution in [-0.2, 0) is 9.53 Å². The standard InChI is InChI=1S/C9H14O3/c1-5-6-3-4-9(2,12-6)8(11)7(5)10/h5-6,8,11H,3-4H2,1-2H3/t5-,6+,8-,9-/m0/s1. The van der Waals surface area contributed by atoms with E-state index < -0.39 is 11.7 Å². The molecule has 0 aliphatic carbocycles. The fourth-order valence-corrected chi connectivity index (χ4v) is 2.18. The molecule has 3 heteroatoms. The fraction of sp³-hybridized carbons (Fsp3) is 0.889. The van der Waals surface area contributed by atoms with Crippen LogP contribution in [0.15, 0.2) is 0 Å². The summed E-state index contributed by atoms with van der Waals surface area (Å²) in [7, 11) is 0. The molecule has 0 aromatic rings. The van der Waals surface area contributed by atoms with E-state index in [0.717, 1.165) is 12.8 Å². The first kappa shape index (κ1) is 8.20. The van der Waals surface area contributed by atoms with Crippen molar-refractivity contribution < 1.29 is 14.6 Å². The highest BCUT2D eigenvalue weighted by Crippen LogP contribution is 2.41. The van der Waals surface area contributed by atoms with E-state index >= 15 is 0 Å². The van der Waals surface area contributed by atoms with Crippen LogP contribution in [0.3, 0.4) is 0 Å². The van der Waals surface area contributed by atoms with Gasteiger partial charge >= 0.3 is 0 Å². The summed E-state index contributed by atoms with van der Waals surface area (Å²) in [5.41, 5.74) is -0.589. The highest BCUT2D eigenvalue weighted by Gasteiger charge is 2.53. The van der Waals surface area contributed by atoms with Crippen LogP contribution in [-0.4, -0.2) is 28.7 Å². The first-order chi connectivity index (χ1) is 5.54. The minimum Gasteiger partial charge on any atom is -0.382 e. The van der Waals surface area contributed by atoms with Crippen LogP contribution in [0.4, 0.5) is 0 Å². The first-order valence-electron chi connectivity index (χ1n) is 4.44. The maximum absolute atomic E-state index is 11.5. The van der Waals surface area contributed by atoms with Gasteiger partial charge in [0.25, 0.3) is 0 Å². The molecule has 0 saturated carbocycles. The summed E-state index contributed by atoms with van der Waals surface area (Å²) >= 11 is 0. The number of Topliss-reactive ketones (excluding diaryl/α,β-unsaturated/α-hetero) is 1. The van der Waals surface area contributed by atoms with Crippen molar-refractivity contribution in [3.8, 4) is 0 Å². The molecule has 3 nitrogen and oxygen atoms in total. The molecule has 68 valence electrons. The number of aliphatic hydroxyl groups excluding tert-OH is 1. The smallest absolute Gasteiger partial charge is 0.169 e. The Labute approximate surface area is 71.7 Å². The highest BCUT2D eigenvalue weighted by molar-refractivity contribution is 5.87. The van der Waals surface area contributed by atoms with Crippen LogP contribution in [0.25, 0.3) is 0 Å². The number of aliphatic hydroxyl groups is 1. The summed E-state index contributed by atoms with van der Waals surface area (Å²) in [4.78, 5) is 11.5. The second-order valence-electron chi connectivity index (χ2n) is 4.10. The van der Waals surface area contributed by atoms with Gasteiger partial charge in [-0.15, -0.1) is 0 Å². The van der Waals surface area contributed by atoms with Crippen molar-refractivity contribution in [2.24, 2.45) is 5.92 Å². The summed E-state index contributed by atoms with van der Waals surface area (Å²) < 4.78 is 5.61. The van der Waals surface area contributed by atoms with Crippen molar-refractivity contribution in [3.63, 3.8) is 0 Å². The van der Waals surface area contributed by atoms with Gasteiger partial charge in [-0.2, -0.15) is 0 Å². The number of ether oxygens (including phenoxy) is 1. The molecule has 4 atom stereocenters. The van der Waals surface area contributed by atoms with Crippen LogP contribution in [0, 0.1) is 5.92 Å². The van der Waals surface area contributed by atoms with Gasteiger partial charge in [-0.1, -0.05) is 6.92 Å². The van der Waals surface area contributed by atoms with Gasteiger partial charge in [-0.25, -0.2) is 0 Å². The molecule has 2 fully saturated rings. The Morgan fingerprint density at radius 3 is 3.00 bits per heavy atom. The van der Waals surface area contributed by atoms with E-state index in [-0.39, 0.29) is 17.8 Å². The molecule has 0 unspecified atom stereocenters. The molecular formula is C9H14O3. The van der Waals surface area contributed by atoms with Crippen molar-refractivity contribution in [2.45, 2.75) is 44.5 Å². The number of hydrogen-bond acceptors (Lipinski definition) is 3. The minimum atomic E-state index is -0.911. The Morgan fingerprint density at radius 2 is 2.33 bits per heavy atom. The largest absolute Gasteiger partial charge is 0.382 e. The minimum absolute atomic E-state index is 0.0471. The van der Waals surface area contributed by atoms with Crippen molar-refractivity contribution in [2.75, 3.05) is 0 Å². The zero-order chi connectivity index (χ0) is 8.93. The van der Waals surface area contributed by atoms with E-state index in [1.54, 1.807) is 0 Å². The highest BCUT2D eigenvalue weighted by atomic mass is 16.5. The molecule has 2 rings (SSSR count). The lowest BCUT2D eigenvalue weighted by atomic mass is 9.88. The first-order valence-corrected chi connectivity index (χ1v) is 4.44. The maximum atomic E-state index is 11.5. The van der Waals surface area contributed by atoms with E-state index in [2.05, 4.69) is 0 Å². The van der Waals surface area contributed by atoms with Gasteiger partial charge in [-0.3, -0.25) is 4.79 Å². The quantitative estimate of drug-likeness (QED) is 0.576. The van der Waals surface area contributed by atoms with Gasteiger partial charge in [0.05, 0.1) is 11.7 Å². The third-order valence-corrected chi connectivity index (χ3v) is 3.20. The maximum Gasteiger partial charge on any atom is 0.169 e. The average Bonchev–Trinajstić information content (AvgIpc) is 2.41. The Bertz CT molecular complexity index is 226. The van der Waals surface area contributed by atoms with E-state index in [1.165, 1.54) is 0 Å². The van der Waals surface area contributed by atoms with Crippen molar-refractivity contribution in [1.82, 2.24) is 0 Å². The van der Waals surface area contributed by atoms with Crippen molar-refractivity contribution in [3.05, 3.63) is 0 Å². The number of fused-ring (bicyclic) bond motifs is 2. The Kier molecular flexibility index (Phi) is 1.57. The molecular weight excluding hydrogens is 156 g/mol. The molecule has 1 N–H and O–H groups in total. The van der Waals surface area contributed by atoms with E-state index in [9.17, 15) is 9.90 Å². The SMILES string of the molecule is C[C@@H]1C(=O)[C@H](O)[C@]2(C)CC[C@H]1O2. The molecule has 0 aromatic carbocycles. The number of carbonyl (C=O) groups is 1. The van der Waals surface area contributed by atoms with Crippen LogP contribution in [0.1, 0.15) is 26.7 Å². The second kappa shape index (κ2) is 2.30. The predicted molar refractivity (Wildman–Crippen MR) is 42.7 cm³/mol. The average molecular weight is 170 g/mol. The lowest BCUT2D eigenvalue weighted by Gasteiger charge is -2.36. The lowest BCUT2D eigenvalue weighted by molar-refractivity contribution is -0.176. The number of carbonyl (C=O) groups excluding carboxylic acids is 1. The number of rotatable bonds is 0. The Morgan fingerprint density at radius 1 is 1.67 bits per heavy atom. The van der Waals surface area contributed by atoms with Crippen LogP contribution >= 0.6 is 0 Å². The van der Waals surface area contributed by atoms with Crippen LogP contribution in [0.5, 0.6) is 0 Å². The molecule has 12 heavy (non-hydrogen) atoms. The molecule has 2 aliphatic rings. The zero-order valence-corrected chi connectivity index (χ0v) is 7.41. The van der Waals surface area contributed by atoms with Gasteiger partial charge in [-0.05, 0) is 19.8 Å². The summed E-state index contributed by atoms with van der Waals surface area (Å²) in [6.07, 6.45) is 0.840. The van der Waals surface area contributed by atoms with E-state index in [0.29, 0.717) is 0 Å². The van der Waals surface area contributed by atoms with E-state index in [1.807, 2.05) is 13.8 Å². The zero-order valence-electron chi connectivity index (χ0n) is 7.41. The third kappa shape index (κ3) is 0.866. The molecule has 0 spiro atoms. The molecule has 0 aromatic heterocycles. The summed E-state index contributed by atoms with van der Waals surface area (Å²) in [6, 6.07) is 0. The molecule has 2 bridgehead atoms. The Balaban J connectivity index is 2.32. The molecule has 2 saturated heterocycles. The normalized spacial score (nSPS) is 52.9. The second-order valence-corrected chi connectivity index (χ2v) is 4.10. The molecule has 0 radical (unpaired) electrons. The topological polar surface area (TPSA) is 46.5 Å². The predicted octanol–water partition coefficient (Wildman–Crippen LogP) is 0.504. The molecule has 2 aliphatic heterocycles. The summed E-state index contributed by atoms with van der Waals surface area (Å²) in [5.74, 6) is -0.179. The summed E-state index contributed by atoms with van der Waals surface area (Å²) in [6.45, 7) is 3.66. The number of ketones is 1. The monoisotopic (exact) mass is 170 g/mol. The van der Waals surface area contributed by atoms with E-state index in [4.69, 9.17) is 4.74 Å². The van der Waals surface area contributed by atoms with Gasteiger partial charge in [0.1, 0.15) is 6.10 Å².